The molecule has 0 amide bonds. The van der Waals surface area contributed by atoms with Gasteiger partial charge in [-0.3, -0.25) is 0 Å². The van der Waals surface area contributed by atoms with Crippen molar-refractivity contribution in [3.63, 3.8) is 0 Å². The molecule has 1 heterocycles. The van der Waals surface area contributed by atoms with Gasteiger partial charge in [-0.15, -0.1) is 0 Å². The molecule has 1 rings (SSSR count). The Labute approximate surface area is 111 Å². The summed E-state index contributed by atoms with van der Waals surface area (Å²) in [5, 5.41) is 0. The Balaban J connectivity index is 3.10. The first-order valence-corrected chi connectivity index (χ1v) is 6.36. The zero-order valence-electron chi connectivity index (χ0n) is 12.3. The molecule has 0 aromatic rings. The molecule has 0 spiro atoms. The monoisotopic (exact) mass is 249 g/mol. The lowest BCUT2D eigenvalue weighted by atomic mass is 9.76. The highest BCUT2D eigenvalue weighted by Crippen LogP contribution is 2.39. The van der Waals surface area contributed by atoms with Crippen LogP contribution in [0.5, 0.6) is 0 Å². The summed E-state index contributed by atoms with van der Waals surface area (Å²) in [6.07, 6.45) is 7.65. The summed E-state index contributed by atoms with van der Waals surface area (Å²) in [5.41, 5.74) is 6.90. The molecule has 1 fully saturated rings. The molecule has 2 N–H and O–H groups in total. The normalized spacial score (nSPS) is 24.0. The Kier molecular flexibility index (Phi) is 4.46. The summed E-state index contributed by atoms with van der Waals surface area (Å²) in [4.78, 5) is 0. The van der Waals surface area contributed by atoms with Crippen LogP contribution < -0.4 is 5.73 Å². The van der Waals surface area contributed by atoms with Gasteiger partial charge < -0.3 is 15.0 Å². The highest BCUT2D eigenvalue weighted by Gasteiger charge is 2.52. The van der Waals surface area contributed by atoms with E-state index in [4.69, 9.17) is 15.0 Å². The van der Waals surface area contributed by atoms with E-state index < -0.39 is 7.12 Å². The molecule has 3 nitrogen and oxygen atoms in total. The van der Waals surface area contributed by atoms with Gasteiger partial charge >= 0.3 is 7.12 Å². The van der Waals surface area contributed by atoms with Crippen molar-refractivity contribution in [1.82, 2.24) is 0 Å². The van der Waals surface area contributed by atoms with Gasteiger partial charge in [0, 0.05) is 11.2 Å². The molecule has 1 aliphatic rings. The van der Waals surface area contributed by atoms with Crippen molar-refractivity contribution >= 4 is 7.12 Å². The zero-order chi connectivity index (χ0) is 14.0. The molecule has 0 radical (unpaired) electrons. The first kappa shape index (κ1) is 15.1. The Morgan fingerprint density at radius 2 is 1.39 bits per heavy atom. The van der Waals surface area contributed by atoms with E-state index in [0.29, 0.717) is 5.70 Å². The summed E-state index contributed by atoms with van der Waals surface area (Å²) in [6.45, 7) is 12.0. The van der Waals surface area contributed by atoms with Gasteiger partial charge in [-0.1, -0.05) is 18.2 Å². The predicted octanol–water partition coefficient (Wildman–Crippen LogP) is 2.98. The third-order valence-electron chi connectivity index (χ3n) is 3.53. The van der Waals surface area contributed by atoms with Gasteiger partial charge in [0.05, 0.1) is 11.2 Å². The van der Waals surface area contributed by atoms with Gasteiger partial charge in [-0.25, -0.2) is 0 Å². The number of rotatable bonds is 3. The SMILES string of the molecule is C\C=C/C(N)=C(\C=C/C)B1OC(C)(C)C(C)(C)O1. The summed E-state index contributed by atoms with van der Waals surface area (Å²) >= 11 is 0. The van der Waals surface area contributed by atoms with Crippen LogP contribution in [0.1, 0.15) is 41.5 Å². The number of hydrogen-bond acceptors (Lipinski definition) is 3. The quantitative estimate of drug-likeness (QED) is 0.617. The van der Waals surface area contributed by atoms with Crippen molar-refractivity contribution in [2.24, 2.45) is 5.73 Å². The van der Waals surface area contributed by atoms with Crippen LogP contribution in [0.4, 0.5) is 0 Å². The summed E-state index contributed by atoms with van der Waals surface area (Å²) in [7, 11) is -0.414. The molecule has 1 aliphatic heterocycles. The van der Waals surface area contributed by atoms with Crippen LogP contribution in [0, 0.1) is 0 Å². The third-order valence-corrected chi connectivity index (χ3v) is 3.53. The van der Waals surface area contributed by atoms with Crippen LogP contribution in [0.15, 0.2) is 35.5 Å². The van der Waals surface area contributed by atoms with Crippen LogP contribution in [0.25, 0.3) is 0 Å². The second kappa shape index (κ2) is 5.33. The van der Waals surface area contributed by atoms with Gasteiger partial charge in [0.15, 0.2) is 0 Å². The lowest BCUT2D eigenvalue weighted by Gasteiger charge is -2.32. The maximum absolute atomic E-state index is 6.05. The number of nitrogens with two attached hydrogens (primary N) is 1. The van der Waals surface area contributed by atoms with Crippen molar-refractivity contribution in [1.29, 1.82) is 0 Å². The zero-order valence-corrected chi connectivity index (χ0v) is 12.3. The van der Waals surface area contributed by atoms with E-state index in [1.807, 2.05) is 65.8 Å². The number of allylic oxidation sites excluding steroid dienone is 5. The molecule has 18 heavy (non-hydrogen) atoms. The fraction of sp³-hybridized carbons (Fsp3) is 0.571. The molecular formula is C14H24BNO2. The highest BCUT2D eigenvalue weighted by atomic mass is 16.7. The minimum atomic E-state index is -0.414. The van der Waals surface area contributed by atoms with E-state index in [1.54, 1.807) is 0 Å². The lowest BCUT2D eigenvalue weighted by molar-refractivity contribution is 0.00578. The molecular weight excluding hydrogens is 225 g/mol. The topological polar surface area (TPSA) is 44.5 Å². The fourth-order valence-electron chi connectivity index (χ4n) is 1.74. The van der Waals surface area contributed by atoms with E-state index in [1.165, 1.54) is 0 Å². The maximum atomic E-state index is 6.05. The highest BCUT2D eigenvalue weighted by molar-refractivity contribution is 6.56. The first-order valence-electron chi connectivity index (χ1n) is 6.36. The predicted molar refractivity (Wildman–Crippen MR) is 76.9 cm³/mol. The molecule has 0 aliphatic carbocycles. The summed E-state index contributed by atoms with van der Waals surface area (Å²) in [6, 6.07) is 0. The second-order valence-electron chi connectivity index (χ2n) is 5.50. The van der Waals surface area contributed by atoms with Gasteiger partial charge in [0.1, 0.15) is 0 Å². The van der Waals surface area contributed by atoms with E-state index >= 15 is 0 Å². The molecule has 0 atom stereocenters. The molecule has 0 bridgehead atoms. The van der Waals surface area contributed by atoms with Crippen LogP contribution in [0.3, 0.4) is 0 Å². The molecule has 0 aromatic carbocycles. The van der Waals surface area contributed by atoms with Crippen molar-refractivity contribution in [3.05, 3.63) is 35.5 Å². The molecule has 0 aromatic heterocycles. The lowest BCUT2D eigenvalue weighted by Crippen LogP contribution is -2.41. The van der Waals surface area contributed by atoms with Crippen molar-refractivity contribution in [2.45, 2.75) is 52.7 Å². The Hall–Kier alpha value is -0.995. The van der Waals surface area contributed by atoms with E-state index in [0.717, 1.165) is 5.47 Å². The van der Waals surface area contributed by atoms with Crippen LogP contribution >= 0.6 is 0 Å². The Morgan fingerprint density at radius 3 is 1.78 bits per heavy atom. The van der Waals surface area contributed by atoms with Gasteiger partial charge in [-0.2, -0.15) is 0 Å². The fourth-order valence-corrected chi connectivity index (χ4v) is 1.74. The van der Waals surface area contributed by atoms with E-state index in [9.17, 15) is 0 Å². The number of hydrogen-bond donors (Lipinski definition) is 1. The summed E-state index contributed by atoms with van der Waals surface area (Å²) in [5.74, 6) is 0. The van der Waals surface area contributed by atoms with Gasteiger partial charge in [0.2, 0.25) is 0 Å². The third kappa shape index (κ3) is 2.87. The molecule has 0 saturated carbocycles. The Morgan fingerprint density at radius 1 is 0.944 bits per heavy atom. The maximum Gasteiger partial charge on any atom is 0.496 e. The Bertz CT molecular complexity index is 379. The van der Waals surface area contributed by atoms with Crippen molar-refractivity contribution in [3.8, 4) is 0 Å². The molecule has 1 saturated heterocycles. The molecule has 0 unspecified atom stereocenters. The van der Waals surface area contributed by atoms with Crippen molar-refractivity contribution in [2.75, 3.05) is 0 Å². The van der Waals surface area contributed by atoms with Crippen molar-refractivity contribution < 1.29 is 9.31 Å². The average molecular weight is 249 g/mol. The van der Waals surface area contributed by atoms with E-state index in [2.05, 4.69) is 0 Å². The van der Waals surface area contributed by atoms with Gasteiger partial charge in [-0.05, 0) is 47.6 Å². The summed E-state index contributed by atoms with van der Waals surface area (Å²) < 4.78 is 12.0. The second-order valence-corrected chi connectivity index (χ2v) is 5.50. The van der Waals surface area contributed by atoms with Crippen LogP contribution in [-0.2, 0) is 9.31 Å². The van der Waals surface area contributed by atoms with E-state index in [-0.39, 0.29) is 11.2 Å². The first-order chi connectivity index (χ1) is 8.25. The minimum Gasteiger partial charge on any atom is -0.399 e. The minimum absolute atomic E-state index is 0.347. The smallest absolute Gasteiger partial charge is 0.399 e. The largest absolute Gasteiger partial charge is 0.496 e. The molecule has 100 valence electrons. The standard InChI is InChI=1S/C14H24BNO2/c1-7-9-11(12(16)10-8-2)15-17-13(3,4)14(5,6)18-15/h7-10H,16H2,1-6H3/b9-7-,10-8-,12-11-. The van der Waals surface area contributed by atoms with Gasteiger partial charge in [0.25, 0.3) is 0 Å². The van der Waals surface area contributed by atoms with Crippen LogP contribution in [0.2, 0.25) is 0 Å². The average Bonchev–Trinajstić information content (AvgIpc) is 2.44. The van der Waals surface area contributed by atoms with Crippen LogP contribution in [-0.4, -0.2) is 18.3 Å². The molecule has 4 heteroatoms.